The van der Waals surface area contributed by atoms with Crippen LogP contribution >= 0.6 is 0 Å². The fourth-order valence-electron chi connectivity index (χ4n) is 2.05. The summed E-state index contributed by atoms with van der Waals surface area (Å²) in [7, 11) is 1.63. The number of benzene rings is 1. The van der Waals surface area contributed by atoms with Crippen LogP contribution in [-0.2, 0) is 4.74 Å². The van der Waals surface area contributed by atoms with Crippen LogP contribution in [0.4, 0.5) is 4.79 Å². The molecule has 0 spiro atoms. The maximum atomic E-state index is 11.8. The molecule has 0 radical (unpaired) electrons. The van der Waals surface area contributed by atoms with E-state index in [0.29, 0.717) is 6.61 Å². The monoisotopic (exact) mass is 264 g/mol. The molecule has 1 heterocycles. The fraction of sp³-hybridized carbons (Fsp3) is 0.500. The Balaban J connectivity index is 1.84. The van der Waals surface area contributed by atoms with E-state index in [1.54, 1.807) is 7.11 Å². The molecule has 1 aromatic carbocycles. The van der Waals surface area contributed by atoms with E-state index in [1.165, 1.54) is 0 Å². The van der Waals surface area contributed by atoms with Gasteiger partial charge in [-0.3, -0.25) is 0 Å². The van der Waals surface area contributed by atoms with Crippen molar-refractivity contribution in [3.8, 4) is 5.75 Å². The first kappa shape index (κ1) is 13.7. The first-order valence-electron chi connectivity index (χ1n) is 6.48. The lowest BCUT2D eigenvalue weighted by atomic mass is 10.1. The molecule has 5 nitrogen and oxygen atoms in total. The zero-order valence-corrected chi connectivity index (χ0v) is 11.3. The number of hydrogen-bond donors (Lipinski definition) is 2. The average Bonchev–Trinajstić information content (AvgIpc) is 2.91. The summed E-state index contributed by atoms with van der Waals surface area (Å²) in [5, 5.41) is 5.82. The minimum atomic E-state index is -0.154. The summed E-state index contributed by atoms with van der Waals surface area (Å²) in [6.45, 7) is 3.27. The maximum Gasteiger partial charge on any atom is 0.315 e. The van der Waals surface area contributed by atoms with E-state index in [1.807, 2.05) is 31.2 Å². The second-order valence-corrected chi connectivity index (χ2v) is 4.67. The first-order valence-corrected chi connectivity index (χ1v) is 6.48. The molecule has 2 atom stereocenters. The third-order valence-electron chi connectivity index (χ3n) is 3.23. The summed E-state index contributed by atoms with van der Waals surface area (Å²) in [6.07, 6.45) is 0.879. The van der Waals surface area contributed by atoms with Gasteiger partial charge >= 0.3 is 6.03 Å². The molecule has 5 heteroatoms. The SMILES string of the molecule is COc1ccc(C(C)NC(=O)NC2CCOC2)cc1. The Kier molecular flexibility index (Phi) is 4.63. The van der Waals surface area contributed by atoms with Crippen molar-refractivity contribution in [1.82, 2.24) is 10.6 Å². The second kappa shape index (κ2) is 6.43. The van der Waals surface area contributed by atoms with Crippen molar-refractivity contribution in [2.24, 2.45) is 0 Å². The van der Waals surface area contributed by atoms with E-state index in [0.717, 1.165) is 24.3 Å². The van der Waals surface area contributed by atoms with Crippen LogP contribution in [0, 0.1) is 0 Å². The molecule has 1 saturated heterocycles. The topological polar surface area (TPSA) is 59.6 Å². The van der Waals surface area contributed by atoms with Crippen molar-refractivity contribution in [1.29, 1.82) is 0 Å². The molecule has 2 rings (SSSR count). The Morgan fingerprint density at radius 3 is 2.74 bits per heavy atom. The van der Waals surface area contributed by atoms with E-state index in [4.69, 9.17) is 9.47 Å². The van der Waals surface area contributed by atoms with E-state index in [9.17, 15) is 4.79 Å². The molecule has 104 valence electrons. The van der Waals surface area contributed by atoms with Gasteiger partial charge in [-0.05, 0) is 31.0 Å². The van der Waals surface area contributed by atoms with Gasteiger partial charge in [-0.25, -0.2) is 4.79 Å². The van der Waals surface area contributed by atoms with E-state index < -0.39 is 0 Å². The Morgan fingerprint density at radius 1 is 1.42 bits per heavy atom. The highest BCUT2D eigenvalue weighted by molar-refractivity contribution is 5.74. The van der Waals surface area contributed by atoms with Gasteiger partial charge in [0, 0.05) is 6.61 Å². The molecule has 1 aliphatic rings. The van der Waals surface area contributed by atoms with Crippen LogP contribution in [0.25, 0.3) is 0 Å². The van der Waals surface area contributed by atoms with Crippen molar-refractivity contribution < 1.29 is 14.3 Å². The molecule has 2 amide bonds. The molecule has 1 fully saturated rings. The van der Waals surface area contributed by atoms with E-state index in [2.05, 4.69) is 10.6 Å². The van der Waals surface area contributed by atoms with Crippen molar-refractivity contribution in [2.45, 2.75) is 25.4 Å². The number of rotatable bonds is 4. The summed E-state index contributed by atoms with van der Waals surface area (Å²) in [5.74, 6) is 0.809. The van der Waals surface area contributed by atoms with Crippen molar-refractivity contribution >= 4 is 6.03 Å². The molecule has 0 aromatic heterocycles. The number of urea groups is 1. The number of methoxy groups -OCH3 is 1. The standard InChI is InChI=1S/C14H20N2O3/c1-10(11-3-5-13(18-2)6-4-11)15-14(17)16-12-7-8-19-9-12/h3-6,10,12H,7-9H2,1-2H3,(H2,15,16,17). The van der Waals surface area contributed by atoms with Crippen LogP contribution in [0.1, 0.15) is 24.9 Å². The van der Waals surface area contributed by atoms with Gasteiger partial charge in [0.1, 0.15) is 5.75 Å². The van der Waals surface area contributed by atoms with Crippen molar-refractivity contribution in [3.05, 3.63) is 29.8 Å². The number of carbonyl (C=O) groups excluding carboxylic acids is 1. The van der Waals surface area contributed by atoms with Gasteiger partial charge in [-0.15, -0.1) is 0 Å². The lowest BCUT2D eigenvalue weighted by Gasteiger charge is -2.17. The molecule has 0 bridgehead atoms. The largest absolute Gasteiger partial charge is 0.497 e. The van der Waals surface area contributed by atoms with Crippen LogP contribution in [0.5, 0.6) is 5.75 Å². The van der Waals surface area contributed by atoms with E-state index in [-0.39, 0.29) is 18.1 Å². The maximum absolute atomic E-state index is 11.8. The van der Waals surface area contributed by atoms with Crippen LogP contribution in [-0.4, -0.2) is 32.4 Å². The van der Waals surface area contributed by atoms with Crippen molar-refractivity contribution in [2.75, 3.05) is 20.3 Å². The quantitative estimate of drug-likeness (QED) is 0.872. The lowest BCUT2D eigenvalue weighted by Crippen LogP contribution is -2.43. The van der Waals surface area contributed by atoms with Gasteiger partial charge < -0.3 is 20.1 Å². The third kappa shape index (κ3) is 3.86. The Morgan fingerprint density at radius 2 is 2.16 bits per heavy atom. The van der Waals surface area contributed by atoms with Gasteiger partial charge in [-0.2, -0.15) is 0 Å². The number of nitrogens with one attached hydrogen (secondary N) is 2. The highest BCUT2D eigenvalue weighted by atomic mass is 16.5. The molecule has 0 saturated carbocycles. The minimum Gasteiger partial charge on any atom is -0.497 e. The molecule has 1 aliphatic heterocycles. The van der Waals surface area contributed by atoms with Gasteiger partial charge in [0.05, 0.1) is 25.8 Å². The highest BCUT2D eigenvalue weighted by Gasteiger charge is 2.18. The predicted molar refractivity (Wildman–Crippen MR) is 72.3 cm³/mol. The van der Waals surface area contributed by atoms with Crippen LogP contribution in [0.3, 0.4) is 0 Å². The smallest absolute Gasteiger partial charge is 0.315 e. The van der Waals surface area contributed by atoms with Crippen molar-refractivity contribution in [3.63, 3.8) is 0 Å². The molecule has 1 aromatic rings. The van der Waals surface area contributed by atoms with Crippen LogP contribution in [0.2, 0.25) is 0 Å². The summed E-state index contributed by atoms with van der Waals surface area (Å²) < 4.78 is 10.3. The van der Waals surface area contributed by atoms with Gasteiger partial charge in [-0.1, -0.05) is 12.1 Å². The molecular formula is C14H20N2O3. The van der Waals surface area contributed by atoms with Crippen LogP contribution < -0.4 is 15.4 Å². The molecular weight excluding hydrogens is 244 g/mol. The minimum absolute atomic E-state index is 0.0479. The van der Waals surface area contributed by atoms with E-state index >= 15 is 0 Å². The van der Waals surface area contributed by atoms with Gasteiger partial charge in [0.25, 0.3) is 0 Å². The normalized spacial score (nSPS) is 19.8. The zero-order chi connectivity index (χ0) is 13.7. The summed E-state index contributed by atoms with van der Waals surface area (Å²) in [5.41, 5.74) is 1.04. The zero-order valence-electron chi connectivity index (χ0n) is 11.3. The Labute approximate surface area is 113 Å². The predicted octanol–water partition coefficient (Wildman–Crippen LogP) is 1.84. The number of hydrogen-bond acceptors (Lipinski definition) is 3. The number of carbonyl (C=O) groups is 1. The molecule has 0 aliphatic carbocycles. The molecule has 2 N–H and O–H groups in total. The Bertz CT molecular complexity index is 413. The number of amides is 2. The lowest BCUT2D eigenvalue weighted by molar-refractivity contribution is 0.188. The Hall–Kier alpha value is -1.75. The summed E-state index contributed by atoms with van der Waals surface area (Å²) >= 11 is 0. The summed E-state index contributed by atoms with van der Waals surface area (Å²) in [4.78, 5) is 11.8. The average molecular weight is 264 g/mol. The second-order valence-electron chi connectivity index (χ2n) is 4.67. The van der Waals surface area contributed by atoms with Gasteiger partial charge in [0.15, 0.2) is 0 Å². The summed E-state index contributed by atoms with van der Waals surface area (Å²) in [6, 6.07) is 7.59. The highest BCUT2D eigenvalue weighted by Crippen LogP contribution is 2.17. The number of ether oxygens (including phenoxy) is 2. The first-order chi connectivity index (χ1) is 9.19. The van der Waals surface area contributed by atoms with Crippen LogP contribution in [0.15, 0.2) is 24.3 Å². The molecule has 2 unspecified atom stereocenters. The fourth-order valence-corrected chi connectivity index (χ4v) is 2.05. The third-order valence-corrected chi connectivity index (χ3v) is 3.23. The van der Waals surface area contributed by atoms with Gasteiger partial charge in [0.2, 0.25) is 0 Å². The molecule has 19 heavy (non-hydrogen) atoms.